The molecular formula is C27H27FN4O6S2. The second-order valence-corrected chi connectivity index (χ2v) is 14.9. The number of sulfonamides is 2. The standard InChI is InChI=1S/C27H27FN4O6S2/c1-39(35,36)30-15-6-9-20-21(10-15)40(37,38)31-26(29-20)23-25(33)22-16-7-8-17(19-11-18(16)19)24(22)32(27(23)34)12-13-2-4-14(28)5-3-13/h2-6,9-10,16-19,22-24,30H,7-8,11-12H2,1H3,(H,29,31)/t16-,17+,18+,19-,22+,23?,24-/m0/s1. The number of anilines is 2. The number of nitrogens with zero attached hydrogens (tertiary/aromatic N) is 2. The number of rotatable bonds is 5. The molecule has 4 saturated carbocycles. The van der Waals surface area contributed by atoms with Crippen LogP contribution in [-0.4, -0.2) is 51.6 Å². The monoisotopic (exact) mass is 586 g/mol. The molecule has 7 atom stereocenters. The van der Waals surface area contributed by atoms with Gasteiger partial charge in [-0.1, -0.05) is 12.1 Å². The highest BCUT2D eigenvalue weighted by atomic mass is 32.2. The maximum absolute atomic E-state index is 14.1. The molecule has 40 heavy (non-hydrogen) atoms. The number of amides is 1. The highest BCUT2D eigenvalue weighted by Gasteiger charge is 2.67. The van der Waals surface area contributed by atoms with E-state index in [0.717, 1.165) is 37.1 Å². The van der Waals surface area contributed by atoms with Crippen molar-refractivity contribution in [2.24, 2.45) is 39.9 Å². The first kappa shape index (κ1) is 25.6. The van der Waals surface area contributed by atoms with Gasteiger partial charge in [0.2, 0.25) is 15.9 Å². The summed E-state index contributed by atoms with van der Waals surface area (Å²) < 4.78 is 69.5. The minimum absolute atomic E-state index is 0.0422. The number of fused-ring (bicyclic) bond motifs is 2. The molecule has 2 heterocycles. The summed E-state index contributed by atoms with van der Waals surface area (Å²) in [5, 5.41) is 2.90. The Morgan fingerprint density at radius 3 is 2.48 bits per heavy atom. The molecule has 2 aromatic rings. The number of carbonyl (C=O) groups is 2. The van der Waals surface area contributed by atoms with Crippen molar-refractivity contribution in [3.05, 3.63) is 53.8 Å². The number of halogens is 1. The van der Waals surface area contributed by atoms with Crippen LogP contribution in [0.3, 0.4) is 0 Å². The second kappa shape index (κ2) is 8.59. The van der Waals surface area contributed by atoms with Gasteiger partial charge in [0, 0.05) is 24.2 Å². The van der Waals surface area contributed by atoms with Gasteiger partial charge in [0.1, 0.15) is 16.5 Å². The Morgan fingerprint density at radius 2 is 1.75 bits per heavy atom. The molecule has 0 aromatic heterocycles. The topological polar surface area (TPSA) is 142 Å². The molecule has 2 aromatic carbocycles. The minimum atomic E-state index is -4.36. The number of amidine groups is 1. The number of hydrogen-bond donors (Lipinski definition) is 2. The summed E-state index contributed by atoms with van der Waals surface area (Å²) in [4.78, 5) is 29.7. The highest BCUT2D eigenvalue weighted by molar-refractivity contribution is 7.92. The lowest BCUT2D eigenvalue weighted by molar-refractivity contribution is -0.163. The van der Waals surface area contributed by atoms with Gasteiger partial charge in [0.05, 0.1) is 11.9 Å². The van der Waals surface area contributed by atoms with Crippen molar-refractivity contribution in [3.8, 4) is 0 Å². The third kappa shape index (κ3) is 4.04. The van der Waals surface area contributed by atoms with Crippen molar-refractivity contribution in [2.45, 2.75) is 36.7 Å². The second-order valence-electron chi connectivity index (χ2n) is 11.6. The lowest BCUT2D eigenvalue weighted by atomic mass is 9.57. The van der Waals surface area contributed by atoms with Crippen LogP contribution in [0.4, 0.5) is 15.8 Å². The molecule has 210 valence electrons. The Kier molecular flexibility index (Phi) is 5.51. The lowest BCUT2D eigenvalue weighted by Gasteiger charge is -2.55. The van der Waals surface area contributed by atoms with Crippen molar-refractivity contribution >= 4 is 48.9 Å². The van der Waals surface area contributed by atoms with Crippen molar-refractivity contribution in [3.63, 3.8) is 0 Å². The van der Waals surface area contributed by atoms with Crippen LogP contribution in [-0.2, 0) is 36.2 Å². The number of likely N-dealkylation sites (tertiary alicyclic amines) is 1. The maximum atomic E-state index is 14.1. The summed E-state index contributed by atoms with van der Waals surface area (Å²) in [6.45, 7) is 0.182. The molecule has 2 N–H and O–H groups in total. The van der Waals surface area contributed by atoms with E-state index < -0.39 is 43.6 Å². The van der Waals surface area contributed by atoms with Crippen LogP contribution < -0.4 is 10.0 Å². The number of Topliss-reactive ketones (excluding diaryl/α,β-unsaturated/α-hetero) is 1. The van der Waals surface area contributed by atoms with Gasteiger partial charge in [0.15, 0.2) is 11.7 Å². The predicted molar refractivity (Wildman–Crippen MR) is 144 cm³/mol. The number of nitrogens with one attached hydrogen (secondary N) is 2. The number of ketones is 1. The first-order valence-corrected chi connectivity index (χ1v) is 16.6. The van der Waals surface area contributed by atoms with Gasteiger partial charge >= 0.3 is 0 Å². The Balaban J connectivity index is 1.27. The maximum Gasteiger partial charge on any atom is 0.286 e. The van der Waals surface area contributed by atoms with Crippen molar-refractivity contribution in [1.82, 2.24) is 4.90 Å². The first-order valence-electron chi connectivity index (χ1n) is 13.2. The third-order valence-electron chi connectivity index (χ3n) is 9.18. The quantitative estimate of drug-likeness (QED) is 0.513. The molecule has 1 amide bonds. The number of piperidine rings is 1. The molecular weight excluding hydrogens is 559 g/mol. The van der Waals surface area contributed by atoms with Gasteiger partial charge in [-0.2, -0.15) is 8.42 Å². The average molecular weight is 587 g/mol. The molecule has 10 nitrogen and oxygen atoms in total. The van der Waals surface area contributed by atoms with E-state index in [2.05, 4.69) is 14.4 Å². The van der Waals surface area contributed by atoms with E-state index in [4.69, 9.17) is 0 Å². The van der Waals surface area contributed by atoms with Crippen LogP contribution in [0.5, 0.6) is 0 Å². The van der Waals surface area contributed by atoms with Crippen molar-refractivity contribution in [1.29, 1.82) is 0 Å². The number of benzene rings is 2. The SMILES string of the molecule is CS(=O)(=O)Nc1ccc2c(c1)S(=O)(=O)N=C(C1C(=O)[C@@H]3[C@H]4CC[C@H]([C@@H]5C[C@@H]54)[C@@H]3N(Cc3ccc(F)cc3)C1=O)N2. The smallest absolute Gasteiger partial charge is 0.286 e. The summed E-state index contributed by atoms with van der Waals surface area (Å²) in [5.74, 6) is -1.99. The molecule has 1 unspecified atom stereocenters. The van der Waals surface area contributed by atoms with Crippen LogP contribution in [0.25, 0.3) is 0 Å². The Bertz CT molecular complexity index is 1710. The van der Waals surface area contributed by atoms with E-state index in [1.807, 2.05) is 0 Å². The summed E-state index contributed by atoms with van der Waals surface area (Å²) >= 11 is 0. The van der Waals surface area contributed by atoms with Gasteiger partial charge in [-0.15, -0.1) is 4.40 Å². The van der Waals surface area contributed by atoms with E-state index >= 15 is 0 Å². The van der Waals surface area contributed by atoms with Gasteiger partial charge in [0.25, 0.3) is 10.0 Å². The zero-order chi connectivity index (χ0) is 28.1. The summed E-state index contributed by atoms with van der Waals surface area (Å²) in [6.07, 6.45) is 3.84. The number of carbonyl (C=O) groups excluding carboxylic acids is 2. The molecule has 2 aliphatic heterocycles. The fraction of sp³-hybridized carbons (Fsp3) is 0.444. The van der Waals surface area contributed by atoms with Crippen LogP contribution in [0.15, 0.2) is 51.8 Å². The van der Waals surface area contributed by atoms with Crippen LogP contribution in [0.1, 0.15) is 24.8 Å². The van der Waals surface area contributed by atoms with Gasteiger partial charge in [-0.25, -0.2) is 12.8 Å². The minimum Gasteiger partial charge on any atom is -0.341 e. The van der Waals surface area contributed by atoms with E-state index in [1.54, 1.807) is 17.0 Å². The Hall–Kier alpha value is -3.32. The first-order chi connectivity index (χ1) is 18.9. The van der Waals surface area contributed by atoms with Crippen LogP contribution in [0.2, 0.25) is 0 Å². The Morgan fingerprint density at radius 1 is 1.05 bits per heavy atom. The molecule has 1 saturated heterocycles. The van der Waals surface area contributed by atoms with Crippen molar-refractivity contribution < 1.29 is 30.8 Å². The van der Waals surface area contributed by atoms with Crippen LogP contribution in [0, 0.1) is 41.3 Å². The van der Waals surface area contributed by atoms with E-state index in [-0.39, 0.29) is 52.3 Å². The molecule has 8 rings (SSSR count). The molecule has 0 spiro atoms. The van der Waals surface area contributed by atoms with Crippen molar-refractivity contribution in [2.75, 3.05) is 16.3 Å². The molecule has 6 aliphatic rings. The molecule has 2 bridgehead atoms. The van der Waals surface area contributed by atoms with Gasteiger partial charge < -0.3 is 10.2 Å². The zero-order valence-electron chi connectivity index (χ0n) is 21.4. The summed E-state index contributed by atoms with van der Waals surface area (Å²) in [5.41, 5.74) is 0.864. The van der Waals surface area contributed by atoms with Gasteiger partial charge in [-0.05, 0) is 78.8 Å². The molecule has 13 heteroatoms. The molecule has 4 aliphatic carbocycles. The average Bonchev–Trinajstić information content (AvgIpc) is 3.70. The number of hydrogen-bond acceptors (Lipinski definition) is 7. The predicted octanol–water partition coefficient (Wildman–Crippen LogP) is 2.60. The van der Waals surface area contributed by atoms with E-state index in [0.29, 0.717) is 11.8 Å². The van der Waals surface area contributed by atoms with Gasteiger partial charge in [-0.3, -0.25) is 14.3 Å². The normalized spacial score (nSPS) is 33.3. The fourth-order valence-electron chi connectivity index (χ4n) is 7.66. The van der Waals surface area contributed by atoms with E-state index in [9.17, 15) is 30.8 Å². The zero-order valence-corrected chi connectivity index (χ0v) is 23.1. The molecule has 0 radical (unpaired) electrons. The molecule has 5 fully saturated rings. The lowest BCUT2D eigenvalue weighted by Crippen LogP contribution is -2.66. The fourth-order valence-corrected chi connectivity index (χ4v) is 9.39. The Labute approximate surface area is 231 Å². The highest BCUT2D eigenvalue weighted by Crippen LogP contribution is 2.66. The largest absolute Gasteiger partial charge is 0.341 e. The third-order valence-corrected chi connectivity index (χ3v) is 11.1. The summed E-state index contributed by atoms with van der Waals surface area (Å²) in [6, 6.07) is 9.53. The van der Waals surface area contributed by atoms with E-state index in [1.165, 1.54) is 24.3 Å². The van der Waals surface area contributed by atoms with Crippen LogP contribution >= 0.6 is 0 Å². The summed E-state index contributed by atoms with van der Waals surface area (Å²) in [7, 11) is -8.01.